The fourth-order valence-electron chi connectivity index (χ4n) is 2.17. The molecule has 158 valence electrons. The maximum Gasteiger partial charge on any atom is 0.408 e. The van der Waals surface area contributed by atoms with E-state index < -0.39 is 23.1 Å². The number of primary amides is 1. The molecule has 5 N–H and O–H groups in total. The van der Waals surface area contributed by atoms with Crippen LogP contribution >= 0.6 is 24.0 Å². The predicted octanol–water partition coefficient (Wildman–Crippen LogP) is 2.37. The maximum absolute atomic E-state index is 11.9. The first-order chi connectivity index (χ1) is 12.4. The molecule has 0 bridgehead atoms. The summed E-state index contributed by atoms with van der Waals surface area (Å²) >= 11 is 0. The molecule has 0 aliphatic rings. The predicted molar refractivity (Wildman–Crippen MR) is 122 cm³/mol. The van der Waals surface area contributed by atoms with E-state index in [0.29, 0.717) is 24.6 Å². The van der Waals surface area contributed by atoms with E-state index in [9.17, 15) is 9.59 Å². The van der Waals surface area contributed by atoms with Crippen LogP contribution in [0.4, 0.5) is 4.79 Å². The molecule has 0 atom stereocenters. The van der Waals surface area contributed by atoms with Crippen molar-refractivity contribution in [3.63, 3.8) is 0 Å². The van der Waals surface area contributed by atoms with Crippen LogP contribution in [0.15, 0.2) is 29.3 Å². The fourth-order valence-corrected chi connectivity index (χ4v) is 2.17. The number of carbonyl (C=O) groups excluding carboxylic acids is 2. The number of hydrogen-bond acceptors (Lipinski definition) is 4. The van der Waals surface area contributed by atoms with E-state index in [-0.39, 0.29) is 24.0 Å². The lowest BCUT2D eigenvalue weighted by Crippen LogP contribution is -2.54. The minimum absolute atomic E-state index is 0. The Labute approximate surface area is 184 Å². The van der Waals surface area contributed by atoms with Gasteiger partial charge in [-0.1, -0.05) is 12.1 Å². The average molecular weight is 505 g/mol. The summed E-state index contributed by atoms with van der Waals surface area (Å²) in [5, 5.41) is 9.15. The minimum atomic E-state index is -0.551. The van der Waals surface area contributed by atoms with Gasteiger partial charge in [0.2, 0.25) is 5.91 Å². The second-order valence-electron chi connectivity index (χ2n) is 7.85. The van der Waals surface area contributed by atoms with Crippen molar-refractivity contribution in [1.29, 1.82) is 0 Å². The molecular formula is C19H32IN5O3. The summed E-state index contributed by atoms with van der Waals surface area (Å²) in [5.74, 6) is 0.105. The molecule has 0 unspecified atom stereocenters. The molecule has 0 radical (unpaired) electrons. The van der Waals surface area contributed by atoms with E-state index in [1.807, 2.05) is 40.7 Å². The second-order valence-corrected chi connectivity index (χ2v) is 7.85. The summed E-state index contributed by atoms with van der Waals surface area (Å²) in [6, 6.07) is 7.07. The van der Waals surface area contributed by atoms with E-state index in [1.165, 1.54) is 0 Å². The van der Waals surface area contributed by atoms with E-state index >= 15 is 0 Å². The molecule has 1 rings (SSSR count). The van der Waals surface area contributed by atoms with Gasteiger partial charge in [-0.25, -0.2) is 4.79 Å². The van der Waals surface area contributed by atoms with Gasteiger partial charge in [0, 0.05) is 25.7 Å². The molecule has 1 aromatic carbocycles. The Hall–Kier alpha value is -2.04. The van der Waals surface area contributed by atoms with Crippen molar-refractivity contribution >= 4 is 41.9 Å². The van der Waals surface area contributed by atoms with Crippen LogP contribution in [0, 0.1) is 0 Å². The molecule has 8 nitrogen and oxygen atoms in total. The molecule has 9 heteroatoms. The third-order valence-corrected chi connectivity index (χ3v) is 3.43. The molecule has 2 amide bonds. The van der Waals surface area contributed by atoms with Gasteiger partial charge in [-0.3, -0.25) is 9.79 Å². The molecule has 0 aromatic heterocycles. The Bertz CT molecular complexity index is 699. The lowest BCUT2D eigenvalue weighted by Gasteiger charge is -2.29. The van der Waals surface area contributed by atoms with Gasteiger partial charge < -0.3 is 26.4 Å². The molecular weight excluding hydrogens is 473 g/mol. The van der Waals surface area contributed by atoms with Crippen molar-refractivity contribution < 1.29 is 14.3 Å². The number of alkyl carbamates (subject to hydrolysis) is 1. The average Bonchev–Trinajstić information content (AvgIpc) is 2.52. The van der Waals surface area contributed by atoms with Crippen LogP contribution in [-0.4, -0.2) is 42.7 Å². The summed E-state index contributed by atoms with van der Waals surface area (Å²) in [4.78, 5) is 27.4. The smallest absolute Gasteiger partial charge is 0.408 e. The van der Waals surface area contributed by atoms with Crippen LogP contribution in [0.3, 0.4) is 0 Å². The fraction of sp³-hybridized carbons (Fsp3) is 0.526. The van der Waals surface area contributed by atoms with Crippen molar-refractivity contribution in [1.82, 2.24) is 16.0 Å². The standard InChI is InChI=1S/C19H31N5O3.HI/c1-18(2,3)27-17(26)24-19(4,5)12-23-16(21-6)22-11-13-8-7-9-14(10-13)15(20)25;/h7-10H,11-12H2,1-6H3,(H2,20,25)(H,24,26)(H2,21,22,23);1H. The molecule has 0 aliphatic carbocycles. The Kier molecular flexibility index (Phi) is 10.3. The molecule has 0 saturated heterocycles. The van der Waals surface area contributed by atoms with Gasteiger partial charge >= 0.3 is 6.09 Å². The summed E-state index contributed by atoms with van der Waals surface area (Å²) in [5.41, 5.74) is 5.56. The van der Waals surface area contributed by atoms with E-state index in [4.69, 9.17) is 10.5 Å². The summed E-state index contributed by atoms with van der Waals surface area (Å²) in [6.45, 7) is 10.1. The van der Waals surface area contributed by atoms with Crippen molar-refractivity contribution in [3.8, 4) is 0 Å². The lowest BCUT2D eigenvalue weighted by atomic mass is 10.1. The third-order valence-electron chi connectivity index (χ3n) is 3.43. The number of halogens is 1. The lowest BCUT2D eigenvalue weighted by molar-refractivity contribution is 0.0473. The monoisotopic (exact) mass is 505 g/mol. The van der Waals surface area contributed by atoms with Crippen molar-refractivity contribution in [2.45, 2.75) is 52.3 Å². The Balaban J connectivity index is 0.00000729. The normalized spacial score (nSPS) is 11.9. The number of guanidine groups is 1. The molecule has 28 heavy (non-hydrogen) atoms. The zero-order chi connectivity index (χ0) is 20.7. The van der Waals surface area contributed by atoms with Crippen LogP contribution < -0.4 is 21.7 Å². The van der Waals surface area contributed by atoms with Crippen LogP contribution in [-0.2, 0) is 11.3 Å². The summed E-state index contributed by atoms with van der Waals surface area (Å²) in [6.07, 6.45) is -0.472. The Morgan fingerprint density at radius 1 is 1.14 bits per heavy atom. The van der Waals surface area contributed by atoms with Gasteiger partial charge in [-0.15, -0.1) is 24.0 Å². The number of carbonyl (C=O) groups is 2. The van der Waals surface area contributed by atoms with Crippen LogP contribution in [0.1, 0.15) is 50.5 Å². The summed E-state index contributed by atoms with van der Waals surface area (Å²) in [7, 11) is 1.66. The largest absolute Gasteiger partial charge is 0.444 e. The molecule has 0 fully saturated rings. The summed E-state index contributed by atoms with van der Waals surface area (Å²) < 4.78 is 5.28. The Morgan fingerprint density at radius 3 is 2.32 bits per heavy atom. The van der Waals surface area contributed by atoms with Crippen LogP contribution in [0.5, 0.6) is 0 Å². The van der Waals surface area contributed by atoms with Crippen molar-refractivity contribution in [3.05, 3.63) is 35.4 Å². The SMILES string of the molecule is CN=C(NCc1cccc(C(N)=O)c1)NCC(C)(C)NC(=O)OC(C)(C)C.I. The molecule has 0 saturated carbocycles. The van der Waals surface area contributed by atoms with Gasteiger partial charge in [-0.05, 0) is 52.3 Å². The van der Waals surface area contributed by atoms with Gasteiger partial charge in [0.05, 0.1) is 5.54 Å². The minimum Gasteiger partial charge on any atom is -0.444 e. The van der Waals surface area contributed by atoms with Crippen LogP contribution in [0.2, 0.25) is 0 Å². The van der Waals surface area contributed by atoms with Gasteiger partial charge in [0.25, 0.3) is 0 Å². The first-order valence-corrected chi connectivity index (χ1v) is 8.76. The zero-order valence-electron chi connectivity index (χ0n) is 17.4. The highest BCUT2D eigenvalue weighted by molar-refractivity contribution is 14.0. The Morgan fingerprint density at radius 2 is 1.79 bits per heavy atom. The van der Waals surface area contributed by atoms with E-state index in [2.05, 4.69) is 20.9 Å². The second kappa shape index (κ2) is 11.1. The number of nitrogens with one attached hydrogen (secondary N) is 3. The van der Waals surface area contributed by atoms with Gasteiger partial charge in [0.1, 0.15) is 5.60 Å². The number of benzene rings is 1. The number of ether oxygens (including phenoxy) is 1. The number of nitrogens with zero attached hydrogens (tertiary/aromatic N) is 1. The molecule has 0 aliphatic heterocycles. The molecule has 0 spiro atoms. The van der Waals surface area contributed by atoms with Gasteiger partial charge in [0.15, 0.2) is 5.96 Å². The number of aliphatic imine (C=N–C) groups is 1. The number of rotatable bonds is 6. The zero-order valence-corrected chi connectivity index (χ0v) is 19.7. The van der Waals surface area contributed by atoms with E-state index in [1.54, 1.807) is 25.2 Å². The first kappa shape index (κ1) is 26.0. The number of hydrogen-bond donors (Lipinski definition) is 4. The topological polar surface area (TPSA) is 118 Å². The van der Waals surface area contributed by atoms with Crippen molar-refractivity contribution in [2.75, 3.05) is 13.6 Å². The van der Waals surface area contributed by atoms with Gasteiger partial charge in [-0.2, -0.15) is 0 Å². The number of amides is 2. The van der Waals surface area contributed by atoms with E-state index in [0.717, 1.165) is 5.56 Å². The maximum atomic E-state index is 11.9. The third kappa shape index (κ3) is 10.3. The molecule has 0 heterocycles. The highest BCUT2D eigenvalue weighted by Crippen LogP contribution is 2.09. The quantitative estimate of drug-likeness (QED) is 0.269. The van der Waals surface area contributed by atoms with Crippen LogP contribution in [0.25, 0.3) is 0 Å². The molecule has 1 aromatic rings. The number of nitrogens with two attached hydrogens (primary N) is 1. The highest BCUT2D eigenvalue weighted by Gasteiger charge is 2.24. The first-order valence-electron chi connectivity index (χ1n) is 8.76. The highest BCUT2D eigenvalue weighted by atomic mass is 127. The van der Waals surface area contributed by atoms with Crippen molar-refractivity contribution in [2.24, 2.45) is 10.7 Å².